The molecule has 2 N–H and O–H groups in total. The molecule has 1 aromatic heterocycles. The lowest BCUT2D eigenvalue weighted by atomic mass is 10.2. The smallest absolute Gasteiger partial charge is 0.271 e. The predicted molar refractivity (Wildman–Crippen MR) is 81.9 cm³/mol. The fourth-order valence-corrected chi connectivity index (χ4v) is 1.89. The number of benzene rings is 1. The summed E-state index contributed by atoms with van der Waals surface area (Å²) in [4.78, 5) is 17.8. The van der Waals surface area contributed by atoms with Crippen LogP contribution >= 0.6 is 11.6 Å². The van der Waals surface area contributed by atoms with Gasteiger partial charge in [0.2, 0.25) is 0 Å². The molecule has 2 aromatic rings. The minimum atomic E-state index is -0.398. The highest BCUT2D eigenvalue weighted by Gasteiger charge is 2.09. The van der Waals surface area contributed by atoms with Gasteiger partial charge in [-0.3, -0.25) is 4.79 Å². The quantitative estimate of drug-likeness (QED) is 0.858. The molecule has 0 unspecified atom stereocenters. The largest absolute Gasteiger partial charge is 0.490 e. The summed E-state index contributed by atoms with van der Waals surface area (Å²) in [6.45, 7) is 4.87. The Morgan fingerprint density at radius 2 is 1.95 bits per heavy atom. The number of nitrogens with one attached hydrogen (secondary N) is 2. The molecule has 0 atom stereocenters. The van der Waals surface area contributed by atoms with E-state index < -0.39 is 5.56 Å². The number of aromatic nitrogens is 2. The Bertz CT molecular complexity index is 673. The normalized spacial score (nSPS) is 10.2. The molecule has 112 valence electrons. The summed E-state index contributed by atoms with van der Waals surface area (Å²) in [5, 5.41) is 2.99. The van der Waals surface area contributed by atoms with Crippen LogP contribution in [0.1, 0.15) is 13.8 Å². The lowest BCUT2D eigenvalue weighted by Crippen LogP contribution is -2.09. The SMILES string of the molecule is CCOc1ccc(Nc2nc[nH]c(=O)c2Cl)cc1OCC. The van der Waals surface area contributed by atoms with Crippen molar-refractivity contribution in [1.82, 2.24) is 9.97 Å². The molecule has 21 heavy (non-hydrogen) atoms. The summed E-state index contributed by atoms with van der Waals surface area (Å²) >= 11 is 5.90. The van der Waals surface area contributed by atoms with Crippen LogP contribution in [0, 0.1) is 0 Å². The first kappa shape index (κ1) is 15.2. The van der Waals surface area contributed by atoms with Crippen LogP contribution in [-0.2, 0) is 0 Å². The number of halogens is 1. The minimum Gasteiger partial charge on any atom is -0.490 e. The first-order valence-corrected chi connectivity index (χ1v) is 6.93. The van der Waals surface area contributed by atoms with Gasteiger partial charge in [-0.1, -0.05) is 11.6 Å². The number of anilines is 2. The zero-order valence-corrected chi connectivity index (χ0v) is 12.5. The predicted octanol–water partition coefficient (Wildman–Crippen LogP) is 2.96. The van der Waals surface area contributed by atoms with Crippen molar-refractivity contribution in [3.05, 3.63) is 39.9 Å². The van der Waals surface area contributed by atoms with Crippen LogP contribution in [0.15, 0.2) is 29.3 Å². The maximum Gasteiger partial charge on any atom is 0.271 e. The third-order valence-electron chi connectivity index (χ3n) is 2.60. The van der Waals surface area contributed by atoms with E-state index >= 15 is 0 Å². The third kappa shape index (κ3) is 3.66. The van der Waals surface area contributed by atoms with Gasteiger partial charge in [0.15, 0.2) is 17.3 Å². The lowest BCUT2D eigenvalue weighted by Gasteiger charge is -2.13. The summed E-state index contributed by atoms with van der Waals surface area (Å²) in [7, 11) is 0. The Labute approximate surface area is 127 Å². The molecule has 0 saturated heterocycles. The Balaban J connectivity index is 2.30. The van der Waals surface area contributed by atoms with Gasteiger partial charge in [0.05, 0.1) is 19.5 Å². The zero-order valence-electron chi connectivity index (χ0n) is 11.8. The summed E-state index contributed by atoms with van der Waals surface area (Å²) in [6, 6.07) is 5.36. The summed E-state index contributed by atoms with van der Waals surface area (Å²) in [5.74, 6) is 1.56. The van der Waals surface area contributed by atoms with Gasteiger partial charge in [-0.25, -0.2) is 4.98 Å². The third-order valence-corrected chi connectivity index (χ3v) is 2.95. The number of H-pyrrole nitrogens is 1. The van der Waals surface area contributed by atoms with Crippen LogP contribution in [0.5, 0.6) is 11.5 Å². The van der Waals surface area contributed by atoms with E-state index in [0.717, 1.165) is 0 Å². The van der Waals surface area contributed by atoms with E-state index in [1.807, 2.05) is 13.8 Å². The highest BCUT2D eigenvalue weighted by atomic mass is 35.5. The molecule has 6 nitrogen and oxygen atoms in total. The van der Waals surface area contributed by atoms with Crippen molar-refractivity contribution >= 4 is 23.1 Å². The van der Waals surface area contributed by atoms with Crippen LogP contribution in [0.3, 0.4) is 0 Å². The van der Waals surface area contributed by atoms with Crippen LogP contribution in [0.2, 0.25) is 5.02 Å². The Morgan fingerprint density at radius 3 is 2.67 bits per heavy atom. The van der Waals surface area contributed by atoms with Gasteiger partial charge in [0.25, 0.3) is 5.56 Å². The molecule has 0 saturated carbocycles. The molecule has 1 heterocycles. The fraction of sp³-hybridized carbons (Fsp3) is 0.286. The molecule has 7 heteroatoms. The second-order valence-electron chi connectivity index (χ2n) is 4.05. The summed E-state index contributed by atoms with van der Waals surface area (Å²) in [5.41, 5.74) is 0.298. The van der Waals surface area contributed by atoms with Gasteiger partial charge in [0.1, 0.15) is 5.02 Å². The van der Waals surface area contributed by atoms with Crippen molar-refractivity contribution in [3.63, 3.8) is 0 Å². The number of aromatic amines is 1. The molecule has 0 fully saturated rings. The fourth-order valence-electron chi connectivity index (χ4n) is 1.74. The van der Waals surface area contributed by atoms with E-state index in [1.54, 1.807) is 18.2 Å². The van der Waals surface area contributed by atoms with E-state index in [9.17, 15) is 4.79 Å². The van der Waals surface area contributed by atoms with Gasteiger partial charge in [-0.05, 0) is 26.0 Å². The second kappa shape index (κ2) is 6.99. The van der Waals surface area contributed by atoms with E-state index in [0.29, 0.717) is 30.4 Å². The number of hydrogen-bond acceptors (Lipinski definition) is 5. The summed E-state index contributed by atoms with van der Waals surface area (Å²) in [6.07, 6.45) is 1.29. The maximum absolute atomic E-state index is 11.4. The van der Waals surface area contributed by atoms with Gasteiger partial charge in [0, 0.05) is 11.8 Å². The standard InChI is InChI=1S/C14H16ClN3O3/c1-3-20-10-6-5-9(7-11(10)21-4-2)18-13-12(15)14(19)17-8-16-13/h5-8H,3-4H2,1-2H3,(H2,16,17,18,19). The highest BCUT2D eigenvalue weighted by molar-refractivity contribution is 6.32. The zero-order chi connectivity index (χ0) is 15.2. The average Bonchev–Trinajstić information content (AvgIpc) is 2.47. The van der Waals surface area contributed by atoms with Gasteiger partial charge in [-0.15, -0.1) is 0 Å². The molecule has 0 amide bonds. The van der Waals surface area contributed by atoms with Crippen LogP contribution < -0.4 is 20.3 Å². The van der Waals surface area contributed by atoms with Crippen molar-refractivity contribution in [2.75, 3.05) is 18.5 Å². The van der Waals surface area contributed by atoms with Gasteiger partial charge in [-0.2, -0.15) is 0 Å². The lowest BCUT2D eigenvalue weighted by molar-refractivity contribution is 0.288. The Morgan fingerprint density at radius 1 is 1.24 bits per heavy atom. The first-order chi connectivity index (χ1) is 10.2. The van der Waals surface area contributed by atoms with Crippen molar-refractivity contribution in [2.45, 2.75) is 13.8 Å². The molecular weight excluding hydrogens is 294 g/mol. The second-order valence-corrected chi connectivity index (χ2v) is 4.42. The Kier molecular flexibility index (Phi) is 5.05. The molecule has 0 spiro atoms. The van der Waals surface area contributed by atoms with Gasteiger partial charge >= 0.3 is 0 Å². The number of hydrogen-bond donors (Lipinski definition) is 2. The van der Waals surface area contributed by atoms with E-state index in [2.05, 4.69) is 15.3 Å². The monoisotopic (exact) mass is 309 g/mol. The number of rotatable bonds is 6. The maximum atomic E-state index is 11.4. The first-order valence-electron chi connectivity index (χ1n) is 6.55. The van der Waals surface area contributed by atoms with E-state index in [1.165, 1.54) is 6.33 Å². The van der Waals surface area contributed by atoms with Crippen molar-refractivity contribution in [3.8, 4) is 11.5 Å². The average molecular weight is 310 g/mol. The minimum absolute atomic E-state index is 0.00402. The summed E-state index contributed by atoms with van der Waals surface area (Å²) < 4.78 is 11.0. The number of nitrogens with zero attached hydrogens (tertiary/aromatic N) is 1. The molecule has 0 aliphatic heterocycles. The van der Waals surface area contributed by atoms with Crippen molar-refractivity contribution < 1.29 is 9.47 Å². The molecule has 1 aromatic carbocycles. The van der Waals surface area contributed by atoms with Crippen molar-refractivity contribution in [2.24, 2.45) is 0 Å². The van der Waals surface area contributed by atoms with Crippen molar-refractivity contribution in [1.29, 1.82) is 0 Å². The molecule has 0 bridgehead atoms. The van der Waals surface area contributed by atoms with Crippen LogP contribution in [-0.4, -0.2) is 23.2 Å². The molecule has 2 rings (SSSR count). The van der Waals surface area contributed by atoms with Gasteiger partial charge < -0.3 is 19.8 Å². The topological polar surface area (TPSA) is 76.2 Å². The Hall–Kier alpha value is -2.21. The van der Waals surface area contributed by atoms with Crippen LogP contribution in [0.4, 0.5) is 11.5 Å². The molecule has 0 radical (unpaired) electrons. The van der Waals surface area contributed by atoms with E-state index in [4.69, 9.17) is 21.1 Å². The molecule has 0 aliphatic rings. The molecular formula is C14H16ClN3O3. The highest BCUT2D eigenvalue weighted by Crippen LogP contribution is 2.32. The van der Waals surface area contributed by atoms with Crippen LogP contribution in [0.25, 0.3) is 0 Å². The van der Waals surface area contributed by atoms with E-state index in [-0.39, 0.29) is 10.8 Å². The molecule has 0 aliphatic carbocycles. The number of ether oxygens (including phenoxy) is 2.